The van der Waals surface area contributed by atoms with Gasteiger partial charge >= 0.3 is 0 Å². The molecule has 2 aromatic rings. The van der Waals surface area contributed by atoms with Crippen LogP contribution in [0, 0.1) is 3.57 Å². The van der Waals surface area contributed by atoms with E-state index in [0.717, 1.165) is 28.6 Å². The number of benzene rings is 1. The number of anilines is 1. The fraction of sp³-hybridized carbons (Fsp3) is 0.250. The highest BCUT2D eigenvalue weighted by Crippen LogP contribution is 2.20. The first-order chi connectivity index (χ1) is 7.77. The highest BCUT2D eigenvalue weighted by Gasteiger charge is 2.09. The molecule has 0 radical (unpaired) electrons. The monoisotopic (exact) mass is 328 g/mol. The smallest absolute Gasteiger partial charge is 0.180 e. The molecule has 0 fully saturated rings. The molecule has 0 saturated heterocycles. The fourth-order valence-corrected chi connectivity index (χ4v) is 2.05. The number of rotatable bonds is 4. The maximum Gasteiger partial charge on any atom is 0.180 e. The number of nitrogens with zero attached hydrogens (tertiary/aromatic N) is 1. The molecule has 84 valence electrons. The van der Waals surface area contributed by atoms with Gasteiger partial charge in [0.25, 0.3) is 0 Å². The number of nitrogens with two attached hydrogens (primary N) is 1. The van der Waals surface area contributed by atoms with Gasteiger partial charge in [0.15, 0.2) is 11.6 Å². The van der Waals surface area contributed by atoms with E-state index < -0.39 is 0 Å². The molecule has 1 heterocycles. The van der Waals surface area contributed by atoms with Crippen molar-refractivity contribution >= 4 is 28.4 Å². The van der Waals surface area contributed by atoms with E-state index in [1.165, 1.54) is 5.56 Å². The first-order valence-corrected chi connectivity index (χ1v) is 6.28. The van der Waals surface area contributed by atoms with E-state index in [1.807, 2.05) is 6.07 Å². The SMILES string of the molecule is Nc1noc(CCCc2ccccc2)c1I. The lowest BCUT2D eigenvalue weighted by atomic mass is 10.1. The van der Waals surface area contributed by atoms with Crippen molar-refractivity contribution in [3.05, 3.63) is 45.2 Å². The van der Waals surface area contributed by atoms with E-state index in [1.54, 1.807) is 0 Å². The average Bonchev–Trinajstić information content (AvgIpc) is 2.62. The Bertz CT molecular complexity index is 453. The molecule has 3 nitrogen and oxygen atoms in total. The summed E-state index contributed by atoms with van der Waals surface area (Å²) in [6.07, 6.45) is 2.99. The summed E-state index contributed by atoms with van der Waals surface area (Å²) in [5.74, 6) is 1.39. The minimum absolute atomic E-state index is 0.496. The van der Waals surface area contributed by atoms with E-state index in [-0.39, 0.29) is 0 Å². The lowest BCUT2D eigenvalue weighted by Crippen LogP contribution is -1.91. The third kappa shape index (κ3) is 2.75. The number of aryl methyl sites for hydroxylation is 2. The molecule has 0 amide bonds. The molecule has 0 saturated carbocycles. The quantitative estimate of drug-likeness (QED) is 0.878. The van der Waals surface area contributed by atoms with Gasteiger partial charge in [-0.2, -0.15) is 0 Å². The molecule has 0 aliphatic carbocycles. The van der Waals surface area contributed by atoms with E-state index in [9.17, 15) is 0 Å². The van der Waals surface area contributed by atoms with Crippen molar-refractivity contribution in [1.82, 2.24) is 5.16 Å². The Morgan fingerprint density at radius 2 is 1.94 bits per heavy atom. The maximum atomic E-state index is 5.61. The van der Waals surface area contributed by atoms with Crippen LogP contribution in [0.4, 0.5) is 5.82 Å². The number of aromatic nitrogens is 1. The molecule has 0 aliphatic heterocycles. The summed E-state index contributed by atoms with van der Waals surface area (Å²) < 4.78 is 6.10. The van der Waals surface area contributed by atoms with Crippen LogP contribution >= 0.6 is 22.6 Å². The zero-order chi connectivity index (χ0) is 11.4. The van der Waals surface area contributed by atoms with Gasteiger partial charge in [0, 0.05) is 6.42 Å². The molecule has 2 rings (SSSR count). The molecule has 4 heteroatoms. The summed E-state index contributed by atoms with van der Waals surface area (Å²) >= 11 is 2.17. The Hall–Kier alpha value is -1.04. The van der Waals surface area contributed by atoms with Crippen molar-refractivity contribution in [3.63, 3.8) is 0 Å². The van der Waals surface area contributed by atoms with Crippen LogP contribution in [0.3, 0.4) is 0 Å². The Kier molecular flexibility index (Phi) is 3.82. The van der Waals surface area contributed by atoms with Gasteiger partial charge in [-0.05, 0) is 41.0 Å². The highest BCUT2D eigenvalue weighted by molar-refractivity contribution is 14.1. The largest absolute Gasteiger partial charge is 0.380 e. The molecule has 0 aliphatic rings. The van der Waals surface area contributed by atoms with Gasteiger partial charge in [0.05, 0.1) is 3.57 Å². The van der Waals surface area contributed by atoms with Crippen molar-refractivity contribution in [2.75, 3.05) is 5.73 Å². The predicted octanol–water partition coefficient (Wildman–Crippen LogP) is 3.04. The maximum absolute atomic E-state index is 5.61. The summed E-state index contributed by atoms with van der Waals surface area (Å²) in [5, 5.41) is 3.74. The zero-order valence-electron chi connectivity index (χ0n) is 8.82. The molecule has 16 heavy (non-hydrogen) atoms. The van der Waals surface area contributed by atoms with Gasteiger partial charge in [-0.3, -0.25) is 0 Å². The minimum atomic E-state index is 0.496. The number of hydrogen-bond acceptors (Lipinski definition) is 3. The van der Waals surface area contributed by atoms with Crippen molar-refractivity contribution in [1.29, 1.82) is 0 Å². The molecule has 0 spiro atoms. The van der Waals surface area contributed by atoms with Crippen molar-refractivity contribution in [2.24, 2.45) is 0 Å². The molecular formula is C12H13IN2O. The Balaban J connectivity index is 1.87. The normalized spacial score (nSPS) is 10.6. The first kappa shape index (κ1) is 11.4. The van der Waals surface area contributed by atoms with Gasteiger partial charge in [-0.1, -0.05) is 35.5 Å². The van der Waals surface area contributed by atoms with Crippen LogP contribution in [0.1, 0.15) is 17.7 Å². The summed E-state index contributed by atoms with van der Waals surface area (Å²) in [6, 6.07) is 10.4. The molecule has 0 atom stereocenters. The highest BCUT2D eigenvalue weighted by atomic mass is 127. The zero-order valence-corrected chi connectivity index (χ0v) is 11.0. The van der Waals surface area contributed by atoms with E-state index in [0.29, 0.717) is 5.82 Å². The van der Waals surface area contributed by atoms with Gasteiger partial charge in [0.1, 0.15) is 0 Å². The van der Waals surface area contributed by atoms with Crippen molar-refractivity contribution in [2.45, 2.75) is 19.3 Å². The van der Waals surface area contributed by atoms with Gasteiger partial charge in [-0.15, -0.1) is 0 Å². The number of hydrogen-bond donors (Lipinski definition) is 1. The average molecular weight is 328 g/mol. The van der Waals surface area contributed by atoms with E-state index >= 15 is 0 Å². The molecule has 1 aromatic heterocycles. The Morgan fingerprint density at radius 1 is 1.19 bits per heavy atom. The fourth-order valence-electron chi connectivity index (χ4n) is 1.58. The first-order valence-electron chi connectivity index (χ1n) is 5.21. The second-order valence-corrected chi connectivity index (χ2v) is 4.72. The van der Waals surface area contributed by atoms with E-state index in [2.05, 4.69) is 52.0 Å². The van der Waals surface area contributed by atoms with Crippen LogP contribution in [0.15, 0.2) is 34.9 Å². The van der Waals surface area contributed by atoms with Crippen LogP contribution in [0.2, 0.25) is 0 Å². The second-order valence-electron chi connectivity index (χ2n) is 3.64. The van der Waals surface area contributed by atoms with Crippen LogP contribution < -0.4 is 5.73 Å². The van der Waals surface area contributed by atoms with Crippen LogP contribution in [-0.4, -0.2) is 5.16 Å². The summed E-state index contributed by atoms with van der Waals surface area (Å²) in [6.45, 7) is 0. The van der Waals surface area contributed by atoms with Crippen molar-refractivity contribution < 1.29 is 4.52 Å². The van der Waals surface area contributed by atoms with Gasteiger partial charge in [0.2, 0.25) is 0 Å². The lowest BCUT2D eigenvalue weighted by molar-refractivity contribution is 0.382. The summed E-state index contributed by atoms with van der Waals surface area (Å²) in [4.78, 5) is 0. The number of nitrogen functional groups attached to an aromatic ring is 1. The topological polar surface area (TPSA) is 52.0 Å². The van der Waals surface area contributed by atoms with E-state index in [4.69, 9.17) is 10.3 Å². The van der Waals surface area contributed by atoms with Crippen LogP contribution in [0.25, 0.3) is 0 Å². The predicted molar refractivity (Wildman–Crippen MR) is 72.1 cm³/mol. The molecule has 1 aromatic carbocycles. The van der Waals surface area contributed by atoms with Gasteiger partial charge in [-0.25, -0.2) is 0 Å². The second kappa shape index (κ2) is 5.34. The standard InChI is InChI=1S/C12H13IN2O/c13-11-10(16-15-12(11)14)8-4-7-9-5-2-1-3-6-9/h1-3,5-6H,4,7-8H2,(H2,14,15). The van der Waals surface area contributed by atoms with Gasteiger partial charge < -0.3 is 10.3 Å². The minimum Gasteiger partial charge on any atom is -0.380 e. The summed E-state index contributed by atoms with van der Waals surface area (Å²) in [5.41, 5.74) is 6.96. The van der Waals surface area contributed by atoms with Crippen molar-refractivity contribution in [3.8, 4) is 0 Å². The van der Waals surface area contributed by atoms with Crippen LogP contribution in [0.5, 0.6) is 0 Å². The third-order valence-corrected chi connectivity index (χ3v) is 3.59. The molecule has 0 unspecified atom stereocenters. The molecule has 0 bridgehead atoms. The number of halogens is 1. The molecule has 2 N–H and O–H groups in total. The Morgan fingerprint density at radius 3 is 2.56 bits per heavy atom. The lowest BCUT2D eigenvalue weighted by Gasteiger charge is -1.99. The van der Waals surface area contributed by atoms with Crippen LogP contribution in [-0.2, 0) is 12.8 Å². The molecular weight excluding hydrogens is 315 g/mol. The third-order valence-electron chi connectivity index (χ3n) is 2.44. The Labute approximate surface area is 108 Å². The summed E-state index contributed by atoms with van der Waals surface area (Å²) in [7, 11) is 0.